The first-order chi connectivity index (χ1) is 16.5. The molecule has 0 unspecified atom stereocenters. The van der Waals surface area contributed by atoms with Gasteiger partial charge in [0.05, 0.1) is 37.3 Å². The summed E-state index contributed by atoms with van der Waals surface area (Å²) in [5.74, 6) is -0.267. The largest absolute Gasteiger partial charge is 0.464 e. The fourth-order valence-corrected chi connectivity index (χ4v) is 4.21. The number of ether oxygens (including phenoxy) is 2. The lowest BCUT2D eigenvalue weighted by Gasteiger charge is -2.14. The third-order valence-electron chi connectivity index (χ3n) is 6.01. The molecule has 0 saturated carbocycles. The summed E-state index contributed by atoms with van der Waals surface area (Å²) in [6, 6.07) is 10.8. The molecule has 34 heavy (non-hydrogen) atoms. The minimum Gasteiger partial charge on any atom is -0.464 e. The van der Waals surface area contributed by atoms with Crippen LogP contribution in [0.25, 0.3) is 11.0 Å². The Kier molecular flexibility index (Phi) is 7.47. The van der Waals surface area contributed by atoms with Crippen molar-refractivity contribution in [3.63, 3.8) is 0 Å². The number of nitrogens with zero attached hydrogens (tertiary/aromatic N) is 2. The fourth-order valence-electron chi connectivity index (χ4n) is 4.21. The van der Waals surface area contributed by atoms with E-state index in [0.29, 0.717) is 41.4 Å². The number of methoxy groups -OCH3 is 1. The number of amides is 1. The van der Waals surface area contributed by atoms with Crippen molar-refractivity contribution in [3.05, 3.63) is 53.9 Å². The van der Waals surface area contributed by atoms with Crippen molar-refractivity contribution in [3.8, 4) is 0 Å². The second kappa shape index (κ2) is 10.7. The summed E-state index contributed by atoms with van der Waals surface area (Å²) in [6.07, 6.45) is 4.64. The summed E-state index contributed by atoms with van der Waals surface area (Å²) in [5, 5.41) is 7.04. The minimum atomic E-state index is -0.534. The first-order valence-corrected chi connectivity index (χ1v) is 11.8. The molecule has 0 radical (unpaired) electrons. The Morgan fingerprint density at radius 2 is 2.06 bits per heavy atom. The van der Waals surface area contributed by atoms with Gasteiger partial charge >= 0.3 is 5.97 Å². The summed E-state index contributed by atoms with van der Waals surface area (Å²) >= 11 is 0. The van der Waals surface area contributed by atoms with Crippen molar-refractivity contribution in [1.82, 2.24) is 9.55 Å². The van der Waals surface area contributed by atoms with Crippen LogP contribution >= 0.6 is 0 Å². The summed E-state index contributed by atoms with van der Waals surface area (Å²) < 4.78 is 12.8. The van der Waals surface area contributed by atoms with Gasteiger partial charge in [-0.3, -0.25) is 4.79 Å². The van der Waals surface area contributed by atoms with Crippen LogP contribution in [0.3, 0.4) is 0 Å². The molecule has 1 fully saturated rings. The minimum absolute atomic E-state index is 0.0256. The molecule has 8 heteroatoms. The summed E-state index contributed by atoms with van der Waals surface area (Å²) in [7, 11) is 1.34. The van der Waals surface area contributed by atoms with Crippen LogP contribution in [0, 0.1) is 5.92 Å². The molecule has 1 aromatic carbocycles. The number of fused-ring (bicyclic) bond motifs is 1. The van der Waals surface area contributed by atoms with E-state index in [-0.39, 0.29) is 17.7 Å². The van der Waals surface area contributed by atoms with E-state index >= 15 is 0 Å². The molecule has 0 spiro atoms. The molecule has 1 saturated heterocycles. The first kappa shape index (κ1) is 23.8. The molecule has 3 heterocycles. The maximum absolute atomic E-state index is 13.1. The van der Waals surface area contributed by atoms with E-state index in [9.17, 15) is 9.59 Å². The zero-order valence-electron chi connectivity index (χ0n) is 20.0. The normalized spacial score (nSPS) is 15.6. The van der Waals surface area contributed by atoms with E-state index in [1.165, 1.54) is 7.11 Å². The predicted octanol–water partition coefficient (Wildman–Crippen LogP) is 4.71. The second-order valence-corrected chi connectivity index (χ2v) is 8.99. The van der Waals surface area contributed by atoms with Gasteiger partial charge in [-0.05, 0) is 43.4 Å². The quantitative estimate of drug-likeness (QED) is 0.445. The summed E-state index contributed by atoms with van der Waals surface area (Å²) in [6.45, 7) is 6.31. The molecular formula is C26H32N4O4. The highest BCUT2D eigenvalue weighted by atomic mass is 16.5. The number of carbonyl (C=O) groups excluding carboxylic acids is 2. The molecule has 3 aromatic rings. The topological polar surface area (TPSA) is 94.5 Å². The van der Waals surface area contributed by atoms with Crippen LogP contribution in [0.2, 0.25) is 0 Å². The summed E-state index contributed by atoms with van der Waals surface area (Å²) in [4.78, 5) is 30.7. The number of nitrogens with one attached hydrogen (secondary N) is 2. The molecule has 8 nitrogen and oxygen atoms in total. The summed E-state index contributed by atoms with van der Waals surface area (Å²) in [5.41, 5.74) is 2.60. The number of hydrogen-bond acceptors (Lipinski definition) is 6. The number of benzene rings is 1. The van der Waals surface area contributed by atoms with E-state index in [0.717, 1.165) is 31.5 Å². The van der Waals surface area contributed by atoms with Crippen LogP contribution < -0.4 is 10.6 Å². The average molecular weight is 465 g/mol. The zero-order valence-corrected chi connectivity index (χ0v) is 20.0. The van der Waals surface area contributed by atoms with E-state index in [2.05, 4.69) is 29.5 Å². The lowest BCUT2D eigenvalue weighted by atomic mass is 10.1. The third-order valence-corrected chi connectivity index (χ3v) is 6.01. The average Bonchev–Trinajstić information content (AvgIpc) is 3.46. The molecule has 1 atom stereocenters. The molecule has 2 aromatic heterocycles. The number of aromatic nitrogens is 2. The Morgan fingerprint density at radius 3 is 2.74 bits per heavy atom. The number of anilines is 2. The van der Waals surface area contributed by atoms with Gasteiger partial charge in [-0.1, -0.05) is 32.0 Å². The van der Waals surface area contributed by atoms with Gasteiger partial charge in [-0.15, -0.1) is 0 Å². The van der Waals surface area contributed by atoms with Gasteiger partial charge in [-0.25, -0.2) is 9.78 Å². The molecular weight excluding hydrogens is 432 g/mol. The first-order valence-electron chi connectivity index (χ1n) is 11.8. The lowest BCUT2D eigenvalue weighted by molar-refractivity contribution is 0.0580. The molecule has 1 amide bonds. The highest BCUT2D eigenvalue weighted by Gasteiger charge is 2.29. The van der Waals surface area contributed by atoms with Gasteiger partial charge < -0.3 is 24.7 Å². The van der Waals surface area contributed by atoms with Crippen molar-refractivity contribution in [2.45, 2.75) is 45.8 Å². The highest BCUT2D eigenvalue weighted by molar-refractivity contribution is 6.14. The van der Waals surface area contributed by atoms with E-state index < -0.39 is 5.97 Å². The van der Waals surface area contributed by atoms with Gasteiger partial charge in [0.1, 0.15) is 5.65 Å². The highest BCUT2D eigenvalue weighted by Crippen LogP contribution is 2.34. The van der Waals surface area contributed by atoms with Crippen LogP contribution in [0.4, 0.5) is 11.4 Å². The van der Waals surface area contributed by atoms with Crippen LogP contribution in [-0.4, -0.2) is 47.8 Å². The Balaban J connectivity index is 1.79. The van der Waals surface area contributed by atoms with Crippen LogP contribution in [0.15, 0.2) is 42.6 Å². The monoisotopic (exact) mass is 464 g/mol. The van der Waals surface area contributed by atoms with E-state index in [1.807, 2.05) is 16.7 Å². The van der Waals surface area contributed by atoms with Crippen molar-refractivity contribution in [2.75, 3.05) is 30.9 Å². The second-order valence-electron chi connectivity index (χ2n) is 8.99. The predicted molar refractivity (Wildman–Crippen MR) is 132 cm³/mol. The number of rotatable bonds is 9. The standard InChI is InChI=1S/C26H32N4O4/c1-17(2)11-12-27-19-14-21-22(29-25(31)18-8-5-4-6-9-18)23(26(32)33-3)30(24(21)28-15-19)16-20-10-7-13-34-20/h4-6,8-9,14-15,17,20,27H,7,10-13,16H2,1-3H3,(H,29,31)/t20-/m0/s1. The molecule has 180 valence electrons. The molecule has 4 rings (SSSR count). The SMILES string of the molecule is COC(=O)c1c(NC(=O)c2ccccc2)c2cc(NCCC(C)C)cnc2n1C[C@@H]1CCCO1. The number of esters is 1. The van der Waals surface area contributed by atoms with Gasteiger partial charge in [0.2, 0.25) is 0 Å². The molecule has 1 aliphatic heterocycles. The van der Waals surface area contributed by atoms with Crippen molar-refractivity contribution in [1.29, 1.82) is 0 Å². The van der Waals surface area contributed by atoms with Crippen LogP contribution in [-0.2, 0) is 16.0 Å². The maximum Gasteiger partial charge on any atom is 0.356 e. The molecule has 1 aliphatic rings. The lowest BCUT2D eigenvalue weighted by Crippen LogP contribution is -2.21. The van der Waals surface area contributed by atoms with Gasteiger partial charge in [0.25, 0.3) is 5.91 Å². The van der Waals surface area contributed by atoms with Crippen LogP contribution in [0.5, 0.6) is 0 Å². The van der Waals surface area contributed by atoms with Crippen LogP contribution in [0.1, 0.15) is 54.0 Å². The number of carbonyl (C=O) groups is 2. The number of hydrogen-bond donors (Lipinski definition) is 2. The van der Waals surface area contributed by atoms with Gasteiger partial charge in [-0.2, -0.15) is 0 Å². The Labute approximate surface area is 199 Å². The Morgan fingerprint density at radius 1 is 1.26 bits per heavy atom. The number of pyridine rings is 1. The van der Waals surface area contributed by atoms with Crippen molar-refractivity contribution >= 4 is 34.3 Å². The zero-order chi connectivity index (χ0) is 24.1. The van der Waals surface area contributed by atoms with Gasteiger partial charge in [0.15, 0.2) is 5.69 Å². The van der Waals surface area contributed by atoms with E-state index in [4.69, 9.17) is 9.47 Å². The Hall–Kier alpha value is -3.39. The van der Waals surface area contributed by atoms with Crippen molar-refractivity contribution < 1.29 is 19.1 Å². The molecule has 2 N–H and O–H groups in total. The van der Waals surface area contributed by atoms with E-state index in [1.54, 1.807) is 30.5 Å². The van der Waals surface area contributed by atoms with Crippen molar-refractivity contribution in [2.24, 2.45) is 5.92 Å². The van der Waals surface area contributed by atoms with Gasteiger partial charge in [0, 0.05) is 24.1 Å². The molecule has 0 aliphatic carbocycles. The maximum atomic E-state index is 13.1. The fraction of sp³-hybridized carbons (Fsp3) is 0.423. The molecule has 0 bridgehead atoms. The third kappa shape index (κ3) is 5.22. The Bertz CT molecular complexity index is 1150. The smallest absolute Gasteiger partial charge is 0.356 e.